The second kappa shape index (κ2) is 6.31. The fraction of sp³-hybridized carbons (Fsp3) is 0.368. The van der Waals surface area contributed by atoms with E-state index in [2.05, 4.69) is 76.0 Å². The lowest BCUT2D eigenvalue weighted by Gasteiger charge is -2.32. The van der Waals surface area contributed by atoms with E-state index in [9.17, 15) is 0 Å². The quantitative estimate of drug-likeness (QED) is 0.916. The van der Waals surface area contributed by atoms with Crippen molar-refractivity contribution >= 4 is 5.69 Å². The van der Waals surface area contributed by atoms with Crippen molar-refractivity contribution in [3.63, 3.8) is 0 Å². The van der Waals surface area contributed by atoms with Gasteiger partial charge >= 0.3 is 0 Å². The summed E-state index contributed by atoms with van der Waals surface area (Å²) in [4.78, 5) is 2.28. The number of likely N-dealkylation sites (N-methyl/N-ethyl adjacent to an activating group) is 1. The normalized spacial score (nSPS) is 12.3. The van der Waals surface area contributed by atoms with Crippen LogP contribution >= 0.6 is 0 Å². The molecule has 0 aliphatic carbocycles. The van der Waals surface area contributed by atoms with Gasteiger partial charge < -0.3 is 10.6 Å². The summed E-state index contributed by atoms with van der Waals surface area (Å²) in [5.41, 5.74) is 13.9. The molecular weight excluding hydrogens is 256 g/mol. The molecule has 0 aliphatic heterocycles. The molecule has 0 heterocycles. The molecule has 0 saturated carbocycles. The minimum atomic E-state index is 0.202. The molecule has 0 fully saturated rings. The largest absolute Gasteiger partial charge is 0.366 e. The molecule has 2 aromatic rings. The van der Waals surface area contributed by atoms with Crippen LogP contribution in [0.3, 0.4) is 0 Å². The first-order valence-corrected chi connectivity index (χ1v) is 7.51. The Morgan fingerprint density at radius 1 is 0.905 bits per heavy atom. The van der Waals surface area contributed by atoms with E-state index in [-0.39, 0.29) is 6.04 Å². The van der Waals surface area contributed by atoms with Crippen molar-refractivity contribution in [2.24, 2.45) is 5.73 Å². The monoisotopic (exact) mass is 282 g/mol. The zero-order valence-corrected chi connectivity index (χ0v) is 13.8. The number of aryl methyl sites for hydroxylation is 4. The fourth-order valence-corrected chi connectivity index (χ4v) is 3.15. The van der Waals surface area contributed by atoms with Gasteiger partial charge in [-0.05, 0) is 56.5 Å². The molecule has 2 N–H and O–H groups in total. The number of nitrogens with two attached hydrogens (primary N) is 1. The molecule has 1 unspecified atom stereocenters. The maximum absolute atomic E-state index is 6.11. The molecular formula is C19H26N2. The van der Waals surface area contributed by atoms with Gasteiger partial charge in [-0.1, -0.05) is 35.4 Å². The van der Waals surface area contributed by atoms with Crippen molar-refractivity contribution < 1.29 is 0 Å². The fourth-order valence-electron chi connectivity index (χ4n) is 3.15. The third kappa shape index (κ3) is 3.27. The highest BCUT2D eigenvalue weighted by Crippen LogP contribution is 2.30. The van der Waals surface area contributed by atoms with E-state index in [0.717, 1.165) is 0 Å². The molecule has 0 radical (unpaired) electrons. The summed E-state index contributed by atoms with van der Waals surface area (Å²) < 4.78 is 0. The Labute approximate surface area is 128 Å². The molecule has 2 aromatic carbocycles. The van der Waals surface area contributed by atoms with Gasteiger partial charge in [-0.2, -0.15) is 0 Å². The Balaban J connectivity index is 2.42. The molecule has 0 aliphatic rings. The smallest absolute Gasteiger partial charge is 0.0666 e. The van der Waals surface area contributed by atoms with Crippen LogP contribution in [-0.4, -0.2) is 13.6 Å². The number of nitrogens with zero attached hydrogens (tertiary/aromatic N) is 1. The molecule has 2 rings (SSSR count). The molecule has 1 atom stereocenters. The predicted molar refractivity (Wildman–Crippen MR) is 92.0 cm³/mol. The zero-order chi connectivity index (χ0) is 15.6. The number of hydrogen-bond acceptors (Lipinski definition) is 2. The van der Waals surface area contributed by atoms with E-state index in [1.807, 2.05) is 0 Å². The molecule has 2 nitrogen and oxygen atoms in total. The highest BCUT2D eigenvalue weighted by Gasteiger charge is 2.20. The van der Waals surface area contributed by atoms with Gasteiger partial charge in [0.05, 0.1) is 6.04 Å². The van der Waals surface area contributed by atoms with Crippen molar-refractivity contribution in [1.29, 1.82) is 0 Å². The summed E-state index contributed by atoms with van der Waals surface area (Å²) in [5, 5.41) is 0. The van der Waals surface area contributed by atoms with Crippen molar-refractivity contribution in [2.45, 2.75) is 33.7 Å². The maximum Gasteiger partial charge on any atom is 0.0666 e. The minimum Gasteiger partial charge on any atom is -0.366 e. The van der Waals surface area contributed by atoms with Crippen LogP contribution in [0.2, 0.25) is 0 Å². The second-order valence-corrected chi connectivity index (χ2v) is 6.01. The highest BCUT2D eigenvalue weighted by atomic mass is 15.1. The lowest BCUT2D eigenvalue weighted by Crippen LogP contribution is -2.31. The van der Waals surface area contributed by atoms with E-state index in [1.54, 1.807) is 0 Å². The van der Waals surface area contributed by atoms with Gasteiger partial charge in [-0.3, -0.25) is 0 Å². The van der Waals surface area contributed by atoms with Crippen LogP contribution in [0.25, 0.3) is 0 Å². The first-order chi connectivity index (χ1) is 9.93. The lowest BCUT2D eigenvalue weighted by atomic mass is 9.93. The molecule has 0 aromatic heterocycles. The molecule has 2 heteroatoms. The Morgan fingerprint density at radius 2 is 1.43 bits per heavy atom. The van der Waals surface area contributed by atoms with Gasteiger partial charge in [0.1, 0.15) is 0 Å². The lowest BCUT2D eigenvalue weighted by molar-refractivity contribution is 0.672. The van der Waals surface area contributed by atoms with Crippen LogP contribution in [-0.2, 0) is 0 Å². The van der Waals surface area contributed by atoms with Gasteiger partial charge in [0.2, 0.25) is 0 Å². The van der Waals surface area contributed by atoms with Crippen LogP contribution < -0.4 is 10.6 Å². The molecule has 112 valence electrons. The molecule has 21 heavy (non-hydrogen) atoms. The highest BCUT2D eigenvalue weighted by molar-refractivity contribution is 5.51. The summed E-state index contributed by atoms with van der Waals surface area (Å²) in [6.07, 6.45) is 0. The van der Waals surface area contributed by atoms with Crippen molar-refractivity contribution in [1.82, 2.24) is 0 Å². The Morgan fingerprint density at radius 3 is 1.90 bits per heavy atom. The van der Waals surface area contributed by atoms with Crippen LogP contribution in [0.5, 0.6) is 0 Å². The number of benzene rings is 2. The number of rotatable bonds is 4. The Kier molecular flexibility index (Phi) is 4.69. The van der Waals surface area contributed by atoms with E-state index >= 15 is 0 Å². The van der Waals surface area contributed by atoms with Gasteiger partial charge in [0, 0.05) is 19.3 Å². The van der Waals surface area contributed by atoms with Gasteiger partial charge in [-0.25, -0.2) is 0 Å². The summed E-state index contributed by atoms with van der Waals surface area (Å²) in [6.45, 7) is 9.22. The Bertz CT molecular complexity index is 591. The van der Waals surface area contributed by atoms with Gasteiger partial charge in [0.25, 0.3) is 0 Å². The van der Waals surface area contributed by atoms with E-state index in [1.165, 1.54) is 33.5 Å². The molecule has 0 amide bonds. The predicted octanol–water partition coefficient (Wildman–Crippen LogP) is 4.06. The zero-order valence-electron chi connectivity index (χ0n) is 13.8. The summed E-state index contributed by atoms with van der Waals surface area (Å²) in [6, 6.07) is 13.3. The topological polar surface area (TPSA) is 29.3 Å². The van der Waals surface area contributed by atoms with Gasteiger partial charge in [0.15, 0.2) is 0 Å². The van der Waals surface area contributed by atoms with Crippen LogP contribution in [0.1, 0.15) is 33.9 Å². The standard InChI is InChI=1S/C19H26N2/c1-13-6-8-17(9-7-13)21(5)18(12-20)19-15(3)10-14(2)11-16(19)4/h6-11,18H,12,20H2,1-5H3. The second-order valence-electron chi connectivity index (χ2n) is 6.01. The molecule has 0 saturated heterocycles. The average Bonchev–Trinajstić information content (AvgIpc) is 2.42. The van der Waals surface area contributed by atoms with E-state index in [4.69, 9.17) is 5.73 Å². The summed E-state index contributed by atoms with van der Waals surface area (Å²) >= 11 is 0. The van der Waals surface area contributed by atoms with E-state index < -0.39 is 0 Å². The van der Waals surface area contributed by atoms with Crippen molar-refractivity contribution in [3.05, 3.63) is 64.2 Å². The molecule has 0 spiro atoms. The number of anilines is 1. The maximum atomic E-state index is 6.11. The first-order valence-electron chi connectivity index (χ1n) is 7.51. The summed E-state index contributed by atoms with van der Waals surface area (Å²) in [7, 11) is 2.13. The van der Waals surface area contributed by atoms with Crippen LogP contribution in [0, 0.1) is 27.7 Å². The minimum absolute atomic E-state index is 0.202. The average molecular weight is 282 g/mol. The molecule has 0 bridgehead atoms. The van der Waals surface area contributed by atoms with Crippen LogP contribution in [0.4, 0.5) is 5.69 Å². The van der Waals surface area contributed by atoms with Crippen LogP contribution in [0.15, 0.2) is 36.4 Å². The summed E-state index contributed by atoms with van der Waals surface area (Å²) in [5.74, 6) is 0. The van der Waals surface area contributed by atoms with Gasteiger partial charge in [-0.15, -0.1) is 0 Å². The third-order valence-corrected chi connectivity index (χ3v) is 4.20. The van der Waals surface area contributed by atoms with Crippen molar-refractivity contribution in [3.8, 4) is 0 Å². The van der Waals surface area contributed by atoms with E-state index in [0.29, 0.717) is 6.54 Å². The number of hydrogen-bond donors (Lipinski definition) is 1. The third-order valence-electron chi connectivity index (χ3n) is 4.20. The van der Waals surface area contributed by atoms with Crippen molar-refractivity contribution in [2.75, 3.05) is 18.5 Å². The SMILES string of the molecule is Cc1ccc(N(C)C(CN)c2c(C)cc(C)cc2C)cc1. The Hall–Kier alpha value is -1.80. The first kappa shape index (κ1) is 15.6.